The van der Waals surface area contributed by atoms with Gasteiger partial charge in [-0.3, -0.25) is 14.4 Å². The number of carbonyl (C=O) groups excluding carboxylic acids is 2. The van der Waals surface area contributed by atoms with Crippen molar-refractivity contribution in [2.75, 3.05) is 32.8 Å². The number of morpholine rings is 1. The summed E-state index contributed by atoms with van der Waals surface area (Å²) in [6, 6.07) is 9.99. The van der Waals surface area contributed by atoms with Gasteiger partial charge >= 0.3 is 0 Å². The molecule has 1 aromatic carbocycles. The molecule has 0 N–H and O–H groups in total. The quantitative estimate of drug-likeness (QED) is 0.736. The number of rotatable bonds is 5. The molecule has 0 atom stereocenters. The third-order valence-electron chi connectivity index (χ3n) is 6.12. The molecule has 1 saturated heterocycles. The van der Waals surface area contributed by atoms with Crippen LogP contribution in [0.4, 0.5) is 0 Å². The first-order valence-corrected chi connectivity index (χ1v) is 11.0. The molecular formula is C24H29N3O4. The highest BCUT2D eigenvalue weighted by Crippen LogP contribution is 2.23. The SMILES string of the molecule is CCC(=O)N1CCc2c(cn(CCc3ccccc3)c(=O)c2C(=O)N2CCOCC2)C1. The number of carbonyl (C=O) groups is 2. The van der Waals surface area contributed by atoms with Crippen molar-refractivity contribution in [3.63, 3.8) is 0 Å². The third kappa shape index (κ3) is 4.56. The predicted octanol–water partition coefficient (Wildman–Crippen LogP) is 1.86. The van der Waals surface area contributed by atoms with Crippen molar-refractivity contribution in [2.45, 2.75) is 39.3 Å². The van der Waals surface area contributed by atoms with Gasteiger partial charge in [0.15, 0.2) is 0 Å². The molecule has 7 heteroatoms. The van der Waals surface area contributed by atoms with E-state index < -0.39 is 0 Å². The molecule has 0 aliphatic carbocycles. The Morgan fingerprint density at radius 2 is 1.77 bits per heavy atom. The Labute approximate surface area is 182 Å². The molecular weight excluding hydrogens is 394 g/mol. The minimum absolute atomic E-state index is 0.0914. The second-order valence-corrected chi connectivity index (χ2v) is 8.07. The first-order chi connectivity index (χ1) is 15.1. The van der Waals surface area contributed by atoms with Crippen LogP contribution in [0, 0.1) is 0 Å². The Morgan fingerprint density at radius 1 is 1.03 bits per heavy atom. The van der Waals surface area contributed by atoms with Crippen LogP contribution in [0.3, 0.4) is 0 Å². The standard InChI is InChI=1S/C24H29N3O4/c1-2-21(28)26-11-9-20-19(16-26)17-27(10-8-18-6-4-3-5-7-18)24(30)22(20)23(29)25-12-14-31-15-13-25/h3-7,17H,2,8-16H2,1H3. The molecule has 0 spiro atoms. The third-order valence-corrected chi connectivity index (χ3v) is 6.12. The van der Waals surface area contributed by atoms with E-state index in [-0.39, 0.29) is 22.9 Å². The zero-order valence-corrected chi connectivity index (χ0v) is 18.0. The molecule has 0 unspecified atom stereocenters. The highest BCUT2D eigenvalue weighted by molar-refractivity contribution is 5.96. The van der Waals surface area contributed by atoms with Crippen molar-refractivity contribution >= 4 is 11.8 Å². The van der Waals surface area contributed by atoms with E-state index in [0.717, 1.165) is 16.7 Å². The number of pyridine rings is 1. The average Bonchev–Trinajstić information content (AvgIpc) is 2.82. The van der Waals surface area contributed by atoms with Crippen LogP contribution in [-0.4, -0.2) is 59.0 Å². The molecule has 2 amide bonds. The topological polar surface area (TPSA) is 71.9 Å². The summed E-state index contributed by atoms with van der Waals surface area (Å²) in [5.41, 5.74) is 2.88. The fourth-order valence-corrected chi connectivity index (χ4v) is 4.35. The number of hydrogen-bond donors (Lipinski definition) is 0. The van der Waals surface area contributed by atoms with Gasteiger partial charge in [0.25, 0.3) is 11.5 Å². The van der Waals surface area contributed by atoms with E-state index >= 15 is 0 Å². The largest absolute Gasteiger partial charge is 0.378 e. The Hall–Kier alpha value is -2.93. The molecule has 1 fully saturated rings. The summed E-state index contributed by atoms with van der Waals surface area (Å²) >= 11 is 0. The summed E-state index contributed by atoms with van der Waals surface area (Å²) in [5, 5.41) is 0. The maximum atomic E-state index is 13.4. The minimum Gasteiger partial charge on any atom is -0.378 e. The lowest BCUT2D eigenvalue weighted by molar-refractivity contribution is -0.131. The number of fused-ring (bicyclic) bond motifs is 1. The smallest absolute Gasteiger partial charge is 0.263 e. The minimum atomic E-state index is -0.235. The molecule has 1 aromatic heterocycles. The van der Waals surface area contributed by atoms with E-state index in [1.165, 1.54) is 0 Å². The van der Waals surface area contributed by atoms with Crippen LogP contribution in [0.1, 0.15) is 40.4 Å². The zero-order chi connectivity index (χ0) is 21.8. The summed E-state index contributed by atoms with van der Waals surface area (Å²) in [4.78, 5) is 42.6. The highest BCUT2D eigenvalue weighted by atomic mass is 16.5. The molecule has 4 rings (SSSR count). The first-order valence-electron chi connectivity index (χ1n) is 11.0. The van der Waals surface area contributed by atoms with Gasteiger partial charge in [-0.1, -0.05) is 37.3 Å². The van der Waals surface area contributed by atoms with Gasteiger partial charge in [-0.15, -0.1) is 0 Å². The normalized spacial score (nSPS) is 16.2. The fourth-order valence-electron chi connectivity index (χ4n) is 4.35. The second kappa shape index (κ2) is 9.47. The summed E-state index contributed by atoms with van der Waals surface area (Å²) in [5.74, 6) is -0.123. The van der Waals surface area contributed by atoms with Gasteiger partial charge < -0.3 is 19.1 Å². The van der Waals surface area contributed by atoms with E-state index in [4.69, 9.17) is 4.74 Å². The molecule has 0 radical (unpaired) electrons. The Bertz CT molecular complexity index is 1010. The highest BCUT2D eigenvalue weighted by Gasteiger charge is 2.30. The van der Waals surface area contributed by atoms with Gasteiger partial charge in [0.05, 0.1) is 13.2 Å². The number of hydrogen-bond acceptors (Lipinski definition) is 4. The monoisotopic (exact) mass is 423 g/mol. The van der Waals surface area contributed by atoms with Crippen molar-refractivity contribution in [3.8, 4) is 0 Å². The lowest BCUT2D eigenvalue weighted by Gasteiger charge is -2.32. The number of aryl methyl sites for hydroxylation is 2. The van der Waals surface area contributed by atoms with E-state index in [1.54, 1.807) is 9.47 Å². The van der Waals surface area contributed by atoms with E-state index in [2.05, 4.69) is 0 Å². The van der Waals surface area contributed by atoms with Crippen molar-refractivity contribution in [2.24, 2.45) is 0 Å². The van der Waals surface area contributed by atoms with Crippen LogP contribution in [0.5, 0.6) is 0 Å². The summed E-state index contributed by atoms with van der Waals surface area (Å²) in [6.45, 7) is 5.28. The molecule has 2 aliphatic rings. The van der Waals surface area contributed by atoms with Crippen molar-refractivity contribution in [3.05, 3.63) is 69.1 Å². The number of amides is 2. The number of nitrogens with zero attached hydrogens (tertiary/aromatic N) is 3. The van der Waals surface area contributed by atoms with Crippen LogP contribution in [0.15, 0.2) is 41.3 Å². The Kier molecular flexibility index (Phi) is 6.51. The molecule has 3 heterocycles. The summed E-state index contributed by atoms with van der Waals surface area (Å²) in [7, 11) is 0. The molecule has 0 saturated carbocycles. The Morgan fingerprint density at radius 3 is 2.48 bits per heavy atom. The molecule has 7 nitrogen and oxygen atoms in total. The van der Waals surface area contributed by atoms with Crippen molar-refractivity contribution < 1.29 is 14.3 Å². The van der Waals surface area contributed by atoms with E-state index in [9.17, 15) is 14.4 Å². The van der Waals surface area contributed by atoms with Gasteiger partial charge in [0.2, 0.25) is 5.91 Å². The van der Waals surface area contributed by atoms with Crippen LogP contribution in [0.2, 0.25) is 0 Å². The zero-order valence-electron chi connectivity index (χ0n) is 18.0. The maximum Gasteiger partial charge on any atom is 0.263 e. The van der Waals surface area contributed by atoms with Crippen molar-refractivity contribution in [1.82, 2.24) is 14.4 Å². The molecule has 0 bridgehead atoms. The summed E-state index contributed by atoms with van der Waals surface area (Å²) in [6.07, 6.45) is 3.53. The molecule has 164 valence electrons. The van der Waals surface area contributed by atoms with E-state index in [0.29, 0.717) is 65.2 Å². The predicted molar refractivity (Wildman–Crippen MR) is 117 cm³/mol. The number of benzene rings is 1. The molecule has 2 aromatic rings. The van der Waals surface area contributed by atoms with Crippen LogP contribution in [-0.2, 0) is 35.5 Å². The first kappa shape index (κ1) is 21.3. The fraction of sp³-hybridized carbons (Fsp3) is 0.458. The van der Waals surface area contributed by atoms with Gasteiger partial charge in [0.1, 0.15) is 5.56 Å². The Balaban J connectivity index is 1.70. The van der Waals surface area contributed by atoms with E-state index in [1.807, 2.05) is 48.4 Å². The van der Waals surface area contributed by atoms with Gasteiger partial charge in [-0.2, -0.15) is 0 Å². The molecule has 2 aliphatic heterocycles. The van der Waals surface area contributed by atoms with Crippen molar-refractivity contribution in [1.29, 1.82) is 0 Å². The van der Waals surface area contributed by atoms with Crippen LogP contribution < -0.4 is 5.56 Å². The number of ether oxygens (including phenoxy) is 1. The lowest BCUT2D eigenvalue weighted by atomic mass is 9.95. The molecule has 31 heavy (non-hydrogen) atoms. The lowest BCUT2D eigenvalue weighted by Crippen LogP contribution is -2.45. The van der Waals surface area contributed by atoms with Gasteiger partial charge in [-0.25, -0.2) is 0 Å². The van der Waals surface area contributed by atoms with Gasteiger partial charge in [0, 0.05) is 45.3 Å². The summed E-state index contributed by atoms with van der Waals surface area (Å²) < 4.78 is 7.02. The van der Waals surface area contributed by atoms with Crippen LogP contribution >= 0.6 is 0 Å². The average molecular weight is 424 g/mol. The van der Waals surface area contributed by atoms with Crippen LogP contribution in [0.25, 0.3) is 0 Å². The number of aromatic nitrogens is 1. The maximum absolute atomic E-state index is 13.4. The second-order valence-electron chi connectivity index (χ2n) is 8.07. The van der Waals surface area contributed by atoms with Gasteiger partial charge in [-0.05, 0) is 29.5 Å².